The van der Waals surface area contributed by atoms with Gasteiger partial charge in [0.15, 0.2) is 49.0 Å². The largest absolute Gasteiger partial charge is 0.463 e. The summed E-state index contributed by atoms with van der Waals surface area (Å²) in [4.78, 5) is 108. The second-order valence-electron chi connectivity index (χ2n) is 10.6. The van der Waals surface area contributed by atoms with Gasteiger partial charge in [0.05, 0.1) is 6.61 Å². The second kappa shape index (κ2) is 20.6. The van der Waals surface area contributed by atoms with Gasteiger partial charge in [-0.15, -0.1) is 0 Å². The molecule has 282 valence electrons. The highest BCUT2D eigenvalue weighted by Crippen LogP contribution is 2.31. The van der Waals surface area contributed by atoms with Crippen molar-refractivity contribution in [1.29, 1.82) is 0 Å². The van der Waals surface area contributed by atoms with Crippen molar-refractivity contribution >= 4 is 53.7 Å². The van der Waals surface area contributed by atoms with Gasteiger partial charge in [-0.25, -0.2) is 0 Å². The molecular weight excluding hydrogens is 680 g/mol. The molecule has 0 bridgehead atoms. The number of hydrogen-bond donors (Lipinski definition) is 0. The maximum absolute atomic E-state index is 12.3. The standard InChI is InChI=1S/C30H42O20/c1-13(31)40-10-22(43-15(3)33)25(45-17(5)35)26(46-18(6)36)23(44-16(4)34)12-42-30-29(49-21(9)39)28(48-20(8)38)27(47-19(7)37)24(50-30)11-41-14(2)32/h22-30H,10-12H2,1-9H3/t22-,23-,24-,25-,26-,27-,28+,29-,30?/m1/s1. The Labute approximate surface area is 286 Å². The lowest BCUT2D eigenvalue weighted by Crippen LogP contribution is -2.63. The van der Waals surface area contributed by atoms with Crippen LogP contribution in [-0.4, -0.2) is 129 Å². The van der Waals surface area contributed by atoms with Crippen molar-refractivity contribution in [1.82, 2.24) is 0 Å². The number of hydrogen-bond acceptors (Lipinski definition) is 20. The van der Waals surface area contributed by atoms with Gasteiger partial charge >= 0.3 is 53.7 Å². The van der Waals surface area contributed by atoms with Crippen LogP contribution in [0.5, 0.6) is 0 Å². The van der Waals surface area contributed by atoms with Crippen molar-refractivity contribution in [3.63, 3.8) is 0 Å². The molecule has 0 amide bonds. The first-order chi connectivity index (χ1) is 23.2. The molecule has 20 heteroatoms. The van der Waals surface area contributed by atoms with Crippen LogP contribution in [0.25, 0.3) is 0 Å². The van der Waals surface area contributed by atoms with Crippen molar-refractivity contribution in [3.8, 4) is 0 Å². The van der Waals surface area contributed by atoms with E-state index in [0.29, 0.717) is 0 Å². The Morgan fingerprint density at radius 2 is 0.860 bits per heavy atom. The summed E-state index contributed by atoms with van der Waals surface area (Å²) in [7, 11) is 0. The molecule has 0 N–H and O–H groups in total. The summed E-state index contributed by atoms with van der Waals surface area (Å²) in [5, 5.41) is 0. The van der Waals surface area contributed by atoms with Crippen molar-refractivity contribution in [2.24, 2.45) is 0 Å². The third-order valence-corrected chi connectivity index (χ3v) is 6.12. The van der Waals surface area contributed by atoms with E-state index in [2.05, 4.69) is 0 Å². The molecule has 1 rings (SSSR count). The van der Waals surface area contributed by atoms with Gasteiger partial charge in [-0.05, 0) is 0 Å². The SMILES string of the molecule is CC(=O)OC[C@@H](OC(C)=O)[C@@H](OC(C)=O)[C@H](OC(C)=O)[C@@H](COC1O[C@H](COC(C)=O)[C@@H](OC(C)=O)[C@H](OC(C)=O)[C@H]1OC(C)=O)OC(C)=O. The minimum absolute atomic E-state index is 0.587. The topological polar surface area (TPSA) is 255 Å². The maximum Gasteiger partial charge on any atom is 0.303 e. The van der Waals surface area contributed by atoms with Gasteiger partial charge in [0.1, 0.15) is 19.3 Å². The van der Waals surface area contributed by atoms with Gasteiger partial charge in [0.2, 0.25) is 0 Å². The average Bonchev–Trinajstić information content (AvgIpc) is 2.95. The first kappa shape index (κ1) is 43.2. The normalized spacial score (nSPS) is 22.1. The van der Waals surface area contributed by atoms with Crippen LogP contribution in [0, 0.1) is 0 Å². The summed E-state index contributed by atoms with van der Waals surface area (Å²) in [5.41, 5.74) is 0. The predicted molar refractivity (Wildman–Crippen MR) is 157 cm³/mol. The first-order valence-electron chi connectivity index (χ1n) is 15.0. The zero-order chi connectivity index (χ0) is 38.3. The second-order valence-corrected chi connectivity index (χ2v) is 10.6. The lowest BCUT2D eigenvalue weighted by molar-refractivity contribution is -0.313. The zero-order valence-electron chi connectivity index (χ0n) is 29.0. The number of carbonyl (C=O) groups excluding carboxylic acids is 9. The summed E-state index contributed by atoms with van der Waals surface area (Å²) in [6, 6.07) is 0. The molecule has 1 fully saturated rings. The van der Waals surface area contributed by atoms with Crippen LogP contribution in [0.15, 0.2) is 0 Å². The summed E-state index contributed by atoms with van der Waals surface area (Å²) in [5.74, 6) is -8.25. The van der Waals surface area contributed by atoms with Crippen LogP contribution < -0.4 is 0 Å². The quantitative estimate of drug-likeness (QED) is 0.134. The zero-order valence-corrected chi connectivity index (χ0v) is 29.0. The van der Waals surface area contributed by atoms with Crippen molar-refractivity contribution in [2.75, 3.05) is 19.8 Å². The highest BCUT2D eigenvalue weighted by Gasteiger charge is 2.53. The Hall–Kier alpha value is -4.85. The number of rotatable bonds is 17. The van der Waals surface area contributed by atoms with E-state index in [0.717, 1.165) is 62.3 Å². The Kier molecular flexibility index (Phi) is 17.8. The Morgan fingerprint density at radius 3 is 1.26 bits per heavy atom. The van der Waals surface area contributed by atoms with Crippen LogP contribution in [0.3, 0.4) is 0 Å². The van der Waals surface area contributed by atoms with Crippen LogP contribution in [-0.2, 0) is 95.3 Å². The van der Waals surface area contributed by atoms with Gasteiger partial charge in [-0.2, -0.15) is 0 Å². The molecular formula is C30H42O20. The fraction of sp³-hybridized carbons (Fsp3) is 0.700. The molecule has 50 heavy (non-hydrogen) atoms. The molecule has 1 saturated heterocycles. The fourth-order valence-corrected chi connectivity index (χ4v) is 4.62. The average molecular weight is 723 g/mol. The molecule has 1 unspecified atom stereocenters. The van der Waals surface area contributed by atoms with Gasteiger partial charge in [-0.3, -0.25) is 43.2 Å². The molecule has 0 aliphatic carbocycles. The molecule has 0 spiro atoms. The molecule has 0 radical (unpaired) electrons. The van der Waals surface area contributed by atoms with E-state index in [9.17, 15) is 43.2 Å². The van der Waals surface area contributed by atoms with Crippen molar-refractivity contribution in [2.45, 2.75) is 117 Å². The van der Waals surface area contributed by atoms with E-state index in [4.69, 9.17) is 52.1 Å². The predicted octanol–water partition coefficient (Wildman–Crippen LogP) is -0.624. The van der Waals surface area contributed by atoms with E-state index in [-0.39, 0.29) is 0 Å². The maximum atomic E-state index is 12.3. The minimum atomic E-state index is -1.84. The third-order valence-electron chi connectivity index (χ3n) is 6.12. The van der Waals surface area contributed by atoms with Crippen molar-refractivity contribution < 1.29 is 95.3 Å². The Morgan fingerprint density at radius 1 is 0.460 bits per heavy atom. The Balaban J connectivity index is 3.76. The third kappa shape index (κ3) is 15.6. The van der Waals surface area contributed by atoms with E-state index in [1.165, 1.54) is 0 Å². The van der Waals surface area contributed by atoms with E-state index in [1.54, 1.807) is 0 Å². The van der Waals surface area contributed by atoms with E-state index in [1.807, 2.05) is 0 Å². The summed E-state index contributed by atoms with van der Waals surface area (Å²) >= 11 is 0. The van der Waals surface area contributed by atoms with E-state index < -0.39 is 129 Å². The van der Waals surface area contributed by atoms with Gasteiger partial charge in [0.25, 0.3) is 0 Å². The Bertz CT molecular complexity index is 1260. The monoisotopic (exact) mass is 722 g/mol. The van der Waals surface area contributed by atoms with Crippen LogP contribution in [0.4, 0.5) is 0 Å². The summed E-state index contributed by atoms with van der Waals surface area (Å²) in [6.07, 6.45) is -15.0. The molecule has 20 nitrogen and oxygen atoms in total. The molecule has 0 aromatic rings. The summed E-state index contributed by atoms with van der Waals surface area (Å²) < 4.78 is 59.0. The lowest BCUT2D eigenvalue weighted by Gasteiger charge is -2.44. The molecule has 0 aromatic heterocycles. The number of esters is 9. The molecule has 1 aliphatic rings. The van der Waals surface area contributed by atoms with Crippen LogP contribution >= 0.6 is 0 Å². The summed E-state index contributed by atoms with van der Waals surface area (Å²) in [6.45, 7) is 6.88. The van der Waals surface area contributed by atoms with Gasteiger partial charge in [0, 0.05) is 62.3 Å². The fourth-order valence-electron chi connectivity index (χ4n) is 4.62. The molecule has 0 saturated carbocycles. The van der Waals surface area contributed by atoms with Crippen molar-refractivity contribution in [3.05, 3.63) is 0 Å². The minimum Gasteiger partial charge on any atom is -0.463 e. The lowest BCUT2D eigenvalue weighted by atomic mass is 9.98. The highest BCUT2D eigenvalue weighted by molar-refractivity contribution is 5.70. The number of carbonyl (C=O) groups is 9. The van der Waals surface area contributed by atoms with Crippen LogP contribution in [0.2, 0.25) is 0 Å². The molecule has 0 aromatic carbocycles. The highest BCUT2D eigenvalue weighted by atomic mass is 16.7. The van der Waals surface area contributed by atoms with E-state index >= 15 is 0 Å². The molecule has 1 heterocycles. The molecule has 1 aliphatic heterocycles. The van der Waals surface area contributed by atoms with Crippen LogP contribution in [0.1, 0.15) is 62.3 Å². The molecule has 9 atom stereocenters. The first-order valence-corrected chi connectivity index (χ1v) is 15.0. The number of ether oxygens (including phenoxy) is 11. The van der Waals surface area contributed by atoms with Gasteiger partial charge in [-0.1, -0.05) is 0 Å². The van der Waals surface area contributed by atoms with Gasteiger partial charge < -0.3 is 52.1 Å². The smallest absolute Gasteiger partial charge is 0.303 e.